The van der Waals surface area contributed by atoms with Crippen LogP contribution in [0.4, 0.5) is 0 Å². The van der Waals surface area contributed by atoms with E-state index >= 15 is 0 Å². The molecule has 0 saturated carbocycles. The van der Waals surface area contributed by atoms with Crippen LogP contribution in [0.5, 0.6) is 28.7 Å². The van der Waals surface area contributed by atoms with Gasteiger partial charge < -0.3 is 29.0 Å². The average Bonchev–Trinajstić information content (AvgIpc) is 3.29. The fourth-order valence-electron chi connectivity index (χ4n) is 4.49. The molecular weight excluding hydrogens is 486 g/mol. The Labute approximate surface area is 201 Å². The van der Waals surface area contributed by atoms with Crippen molar-refractivity contribution in [2.24, 2.45) is 0 Å². The van der Waals surface area contributed by atoms with E-state index in [1.807, 2.05) is 36.4 Å². The second-order valence-electron chi connectivity index (χ2n) is 8.04. The molecule has 0 radical (unpaired) electrons. The third-order valence-corrected chi connectivity index (χ3v) is 6.83. The van der Waals surface area contributed by atoms with Crippen LogP contribution in [0.3, 0.4) is 0 Å². The summed E-state index contributed by atoms with van der Waals surface area (Å²) in [5.74, 6) is 3.61. The quantitative estimate of drug-likeness (QED) is 0.470. The van der Waals surface area contributed by atoms with Crippen LogP contribution >= 0.6 is 15.9 Å². The van der Waals surface area contributed by atoms with E-state index in [2.05, 4.69) is 33.4 Å². The van der Waals surface area contributed by atoms with Gasteiger partial charge in [-0.15, -0.1) is 0 Å². The summed E-state index contributed by atoms with van der Waals surface area (Å²) < 4.78 is 29.9. The summed E-state index contributed by atoms with van der Waals surface area (Å²) in [6, 6.07) is 16.3. The van der Waals surface area contributed by atoms with Crippen LogP contribution in [-0.2, 0) is 19.4 Å². The Morgan fingerprint density at radius 1 is 1.00 bits per heavy atom. The summed E-state index contributed by atoms with van der Waals surface area (Å²) in [7, 11) is 3.34. The molecule has 0 spiro atoms. The zero-order valence-corrected chi connectivity index (χ0v) is 20.2. The molecule has 0 aliphatic carbocycles. The van der Waals surface area contributed by atoms with E-state index in [0.717, 1.165) is 63.4 Å². The van der Waals surface area contributed by atoms with Crippen LogP contribution < -0.4 is 29.0 Å². The molecule has 33 heavy (non-hydrogen) atoms. The standard InChI is InChI=1S/C26H26BrNO5/c1-29-25-18-8-9-28-21(10-17-11-22-23(13-20(17)27)33-15-32-22)19(18)12-24(26(25)30-2)31-14-16-6-4-3-5-7-16/h3-7,11-13,21,28H,8-10,14-15H2,1-2H3. The van der Waals surface area contributed by atoms with Crippen molar-refractivity contribution in [3.05, 3.63) is 75.3 Å². The average molecular weight is 512 g/mol. The van der Waals surface area contributed by atoms with Gasteiger partial charge in [-0.3, -0.25) is 0 Å². The van der Waals surface area contributed by atoms with Crippen molar-refractivity contribution in [2.45, 2.75) is 25.5 Å². The van der Waals surface area contributed by atoms with E-state index in [9.17, 15) is 0 Å². The van der Waals surface area contributed by atoms with Crippen molar-refractivity contribution in [1.29, 1.82) is 0 Å². The Balaban J connectivity index is 1.49. The monoisotopic (exact) mass is 511 g/mol. The first-order valence-electron chi connectivity index (χ1n) is 10.9. The lowest BCUT2D eigenvalue weighted by molar-refractivity contribution is 0.174. The van der Waals surface area contributed by atoms with Gasteiger partial charge in [0.2, 0.25) is 12.5 Å². The van der Waals surface area contributed by atoms with Gasteiger partial charge in [0.25, 0.3) is 0 Å². The summed E-state index contributed by atoms with van der Waals surface area (Å²) in [5, 5.41) is 3.66. The van der Waals surface area contributed by atoms with Gasteiger partial charge in [-0.05, 0) is 54.3 Å². The van der Waals surface area contributed by atoms with Crippen molar-refractivity contribution in [1.82, 2.24) is 5.32 Å². The van der Waals surface area contributed by atoms with Crippen molar-refractivity contribution in [3.63, 3.8) is 0 Å². The van der Waals surface area contributed by atoms with Crippen molar-refractivity contribution >= 4 is 15.9 Å². The Morgan fingerprint density at radius 2 is 1.76 bits per heavy atom. The van der Waals surface area contributed by atoms with Gasteiger partial charge in [0.1, 0.15) is 6.61 Å². The molecular formula is C26H26BrNO5. The topological polar surface area (TPSA) is 58.2 Å². The van der Waals surface area contributed by atoms with E-state index in [1.54, 1.807) is 14.2 Å². The van der Waals surface area contributed by atoms with Crippen molar-refractivity contribution < 1.29 is 23.7 Å². The number of hydrogen-bond donors (Lipinski definition) is 1. The molecule has 3 aromatic carbocycles. The molecule has 0 aromatic heterocycles. The summed E-state index contributed by atoms with van der Waals surface area (Å²) in [4.78, 5) is 0. The predicted molar refractivity (Wildman–Crippen MR) is 129 cm³/mol. The highest BCUT2D eigenvalue weighted by Crippen LogP contribution is 2.46. The van der Waals surface area contributed by atoms with Crippen LogP contribution in [-0.4, -0.2) is 27.6 Å². The lowest BCUT2D eigenvalue weighted by Crippen LogP contribution is -2.31. The molecule has 1 atom stereocenters. The molecule has 6 nitrogen and oxygen atoms in total. The maximum absolute atomic E-state index is 6.23. The number of rotatable bonds is 7. The zero-order chi connectivity index (χ0) is 22.8. The normalized spacial score (nSPS) is 16.3. The van der Waals surface area contributed by atoms with Gasteiger partial charge in [0, 0.05) is 16.1 Å². The van der Waals surface area contributed by atoms with Gasteiger partial charge >= 0.3 is 0 Å². The minimum atomic E-state index is 0.0873. The minimum absolute atomic E-state index is 0.0873. The third kappa shape index (κ3) is 4.35. The molecule has 7 heteroatoms. The highest BCUT2D eigenvalue weighted by molar-refractivity contribution is 9.10. The number of halogens is 1. The van der Waals surface area contributed by atoms with E-state index < -0.39 is 0 Å². The molecule has 172 valence electrons. The number of benzene rings is 3. The molecule has 0 saturated heterocycles. The fraction of sp³-hybridized carbons (Fsp3) is 0.308. The molecule has 3 aromatic rings. The zero-order valence-electron chi connectivity index (χ0n) is 18.7. The Bertz CT molecular complexity index is 1150. The first kappa shape index (κ1) is 21.9. The molecule has 2 aliphatic rings. The number of methoxy groups -OCH3 is 2. The molecule has 0 amide bonds. The second-order valence-corrected chi connectivity index (χ2v) is 8.90. The summed E-state index contributed by atoms with van der Waals surface area (Å²) in [6.45, 7) is 1.56. The van der Waals surface area contributed by atoms with Gasteiger partial charge in [0.05, 0.1) is 14.2 Å². The van der Waals surface area contributed by atoms with Crippen molar-refractivity contribution in [3.8, 4) is 28.7 Å². The van der Waals surface area contributed by atoms with Crippen LogP contribution in [0.15, 0.2) is 53.0 Å². The Kier molecular flexibility index (Phi) is 6.33. The first-order valence-corrected chi connectivity index (χ1v) is 11.7. The second kappa shape index (κ2) is 9.53. The molecule has 5 rings (SSSR count). The van der Waals surface area contributed by atoms with Crippen LogP contribution in [0.25, 0.3) is 0 Å². The lowest BCUT2D eigenvalue weighted by atomic mass is 9.89. The number of ether oxygens (including phenoxy) is 5. The highest BCUT2D eigenvalue weighted by atomic mass is 79.9. The highest BCUT2D eigenvalue weighted by Gasteiger charge is 2.29. The molecule has 0 fully saturated rings. The molecule has 1 unspecified atom stereocenters. The number of nitrogens with one attached hydrogen (secondary N) is 1. The SMILES string of the molecule is COc1c(OCc2ccccc2)cc2c(c1OC)CCNC2Cc1cc2c(cc1Br)OCO2. The maximum Gasteiger partial charge on any atom is 0.231 e. The first-order chi connectivity index (χ1) is 16.2. The van der Waals surface area contributed by atoms with Crippen LogP contribution in [0.1, 0.15) is 28.3 Å². The summed E-state index contributed by atoms with van der Waals surface area (Å²) >= 11 is 3.70. The van der Waals surface area contributed by atoms with Crippen LogP contribution in [0, 0.1) is 0 Å². The van der Waals surface area contributed by atoms with Crippen LogP contribution in [0.2, 0.25) is 0 Å². The number of fused-ring (bicyclic) bond motifs is 2. The lowest BCUT2D eigenvalue weighted by Gasteiger charge is -2.30. The molecule has 2 aliphatic heterocycles. The van der Waals surface area contributed by atoms with Gasteiger partial charge in [-0.1, -0.05) is 46.3 Å². The summed E-state index contributed by atoms with van der Waals surface area (Å²) in [5.41, 5.74) is 4.55. The van der Waals surface area contributed by atoms with E-state index in [0.29, 0.717) is 18.1 Å². The smallest absolute Gasteiger partial charge is 0.231 e. The Hall–Kier alpha value is -2.90. The summed E-state index contributed by atoms with van der Waals surface area (Å²) in [6.07, 6.45) is 1.63. The fourth-order valence-corrected chi connectivity index (χ4v) is 4.98. The maximum atomic E-state index is 6.23. The van der Waals surface area contributed by atoms with E-state index in [1.165, 1.54) is 0 Å². The van der Waals surface area contributed by atoms with Gasteiger partial charge in [-0.2, -0.15) is 0 Å². The number of hydrogen-bond acceptors (Lipinski definition) is 6. The third-order valence-electron chi connectivity index (χ3n) is 6.09. The van der Waals surface area contributed by atoms with Gasteiger partial charge in [0.15, 0.2) is 23.0 Å². The largest absolute Gasteiger partial charge is 0.492 e. The van der Waals surface area contributed by atoms with E-state index in [4.69, 9.17) is 23.7 Å². The molecule has 2 heterocycles. The minimum Gasteiger partial charge on any atom is -0.492 e. The van der Waals surface area contributed by atoms with Gasteiger partial charge in [-0.25, -0.2) is 0 Å². The predicted octanol–water partition coefficient (Wildman–Crippen LogP) is 5.20. The van der Waals surface area contributed by atoms with E-state index in [-0.39, 0.29) is 12.8 Å². The molecule has 0 bridgehead atoms. The van der Waals surface area contributed by atoms with Crippen molar-refractivity contribution in [2.75, 3.05) is 27.6 Å². The Morgan fingerprint density at radius 3 is 2.52 bits per heavy atom. The molecule has 1 N–H and O–H groups in total.